The van der Waals surface area contributed by atoms with Crippen LogP contribution >= 0.6 is 0 Å². The van der Waals surface area contributed by atoms with E-state index in [9.17, 15) is 13.2 Å². The van der Waals surface area contributed by atoms with E-state index in [1.807, 2.05) is 20.8 Å². The standard InChI is InChI=1S/C13H17F3/c1-4-5-10-6-7-11(13(14,15)16)8-12(10)9(2)3/h6-9H,4-5H2,1-3H3. The van der Waals surface area contributed by atoms with Crippen LogP contribution in [0.3, 0.4) is 0 Å². The monoisotopic (exact) mass is 230 g/mol. The van der Waals surface area contributed by atoms with Crippen LogP contribution in [-0.2, 0) is 12.6 Å². The summed E-state index contributed by atoms with van der Waals surface area (Å²) in [5.74, 6) is 0.129. The van der Waals surface area contributed by atoms with Gasteiger partial charge in [0.25, 0.3) is 0 Å². The van der Waals surface area contributed by atoms with Crippen LogP contribution in [0.15, 0.2) is 18.2 Å². The zero-order valence-corrected chi connectivity index (χ0v) is 9.86. The summed E-state index contributed by atoms with van der Waals surface area (Å²) in [5.41, 5.74) is 1.30. The summed E-state index contributed by atoms with van der Waals surface area (Å²) >= 11 is 0. The van der Waals surface area contributed by atoms with Gasteiger partial charge < -0.3 is 0 Å². The van der Waals surface area contributed by atoms with Crippen molar-refractivity contribution in [3.05, 3.63) is 34.9 Å². The molecule has 0 N–H and O–H groups in total. The number of rotatable bonds is 3. The first-order chi connectivity index (χ1) is 7.36. The Bertz CT molecular complexity index is 351. The molecule has 0 aliphatic rings. The molecule has 0 amide bonds. The Morgan fingerprint density at radius 3 is 2.25 bits per heavy atom. The summed E-state index contributed by atoms with van der Waals surface area (Å²) in [6, 6.07) is 4.08. The third-order valence-corrected chi connectivity index (χ3v) is 2.61. The van der Waals surface area contributed by atoms with Gasteiger partial charge in [0.2, 0.25) is 0 Å². The van der Waals surface area contributed by atoms with E-state index in [1.54, 1.807) is 6.07 Å². The Morgan fingerprint density at radius 2 is 1.81 bits per heavy atom. The summed E-state index contributed by atoms with van der Waals surface area (Å²) in [4.78, 5) is 0. The van der Waals surface area contributed by atoms with E-state index < -0.39 is 11.7 Å². The first-order valence-electron chi connectivity index (χ1n) is 5.56. The van der Waals surface area contributed by atoms with Gasteiger partial charge in [0.05, 0.1) is 5.56 Å². The zero-order valence-electron chi connectivity index (χ0n) is 9.86. The van der Waals surface area contributed by atoms with Crippen molar-refractivity contribution in [1.29, 1.82) is 0 Å². The maximum atomic E-state index is 12.5. The van der Waals surface area contributed by atoms with Crippen molar-refractivity contribution in [2.24, 2.45) is 0 Å². The summed E-state index contributed by atoms with van der Waals surface area (Å²) in [7, 11) is 0. The number of hydrogen-bond donors (Lipinski definition) is 0. The predicted molar refractivity (Wildman–Crippen MR) is 59.5 cm³/mol. The van der Waals surface area contributed by atoms with Crippen molar-refractivity contribution < 1.29 is 13.2 Å². The molecule has 0 aliphatic carbocycles. The van der Waals surface area contributed by atoms with Gasteiger partial charge in [-0.25, -0.2) is 0 Å². The highest BCUT2D eigenvalue weighted by molar-refractivity contribution is 5.35. The molecule has 0 bridgehead atoms. The summed E-state index contributed by atoms with van der Waals surface area (Å²) in [5, 5.41) is 0. The molecule has 0 aromatic heterocycles. The highest BCUT2D eigenvalue weighted by Crippen LogP contribution is 2.32. The van der Waals surface area contributed by atoms with Gasteiger partial charge in [0, 0.05) is 0 Å². The van der Waals surface area contributed by atoms with E-state index in [-0.39, 0.29) is 5.92 Å². The first-order valence-corrected chi connectivity index (χ1v) is 5.56. The number of halogens is 3. The molecule has 0 atom stereocenters. The molecule has 0 spiro atoms. The SMILES string of the molecule is CCCc1ccc(C(F)(F)F)cc1C(C)C. The lowest BCUT2D eigenvalue weighted by molar-refractivity contribution is -0.137. The smallest absolute Gasteiger partial charge is 0.166 e. The van der Waals surface area contributed by atoms with Crippen LogP contribution in [0.5, 0.6) is 0 Å². The molecule has 0 fully saturated rings. The van der Waals surface area contributed by atoms with Crippen LogP contribution < -0.4 is 0 Å². The third kappa shape index (κ3) is 3.00. The van der Waals surface area contributed by atoms with Crippen LogP contribution in [0, 0.1) is 0 Å². The van der Waals surface area contributed by atoms with Crippen molar-refractivity contribution in [2.75, 3.05) is 0 Å². The molecule has 3 heteroatoms. The summed E-state index contributed by atoms with van der Waals surface area (Å²) in [6.07, 6.45) is -2.45. The van der Waals surface area contributed by atoms with Crippen molar-refractivity contribution in [3.8, 4) is 0 Å². The third-order valence-electron chi connectivity index (χ3n) is 2.61. The van der Waals surface area contributed by atoms with E-state index in [1.165, 1.54) is 12.1 Å². The van der Waals surface area contributed by atoms with Gasteiger partial charge in [0.15, 0.2) is 0 Å². The van der Waals surface area contributed by atoms with Crippen LogP contribution in [-0.4, -0.2) is 0 Å². The van der Waals surface area contributed by atoms with Crippen LogP contribution in [0.25, 0.3) is 0 Å². The van der Waals surface area contributed by atoms with Gasteiger partial charge in [-0.1, -0.05) is 33.3 Å². The Hall–Kier alpha value is -0.990. The van der Waals surface area contributed by atoms with Gasteiger partial charge in [-0.05, 0) is 35.6 Å². The van der Waals surface area contributed by atoms with Crippen LogP contribution in [0.2, 0.25) is 0 Å². The molecule has 0 radical (unpaired) electrons. The van der Waals surface area contributed by atoms with Gasteiger partial charge >= 0.3 is 6.18 Å². The Morgan fingerprint density at radius 1 is 1.19 bits per heavy atom. The summed E-state index contributed by atoms with van der Waals surface area (Å²) in [6.45, 7) is 5.88. The molecule has 0 saturated carbocycles. The lowest BCUT2D eigenvalue weighted by Crippen LogP contribution is -2.07. The molecular formula is C13H17F3. The number of benzene rings is 1. The van der Waals surface area contributed by atoms with E-state index >= 15 is 0 Å². The minimum absolute atomic E-state index is 0.129. The summed E-state index contributed by atoms with van der Waals surface area (Å²) < 4.78 is 37.6. The maximum Gasteiger partial charge on any atom is 0.416 e. The predicted octanol–water partition coefficient (Wildman–Crippen LogP) is 4.78. The second-order valence-corrected chi connectivity index (χ2v) is 4.32. The molecule has 1 rings (SSSR count). The minimum Gasteiger partial charge on any atom is -0.166 e. The van der Waals surface area contributed by atoms with Gasteiger partial charge in [-0.3, -0.25) is 0 Å². The lowest BCUT2D eigenvalue weighted by atomic mass is 9.92. The Kier molecular flexibility index (Phi) is 4.00. The van der Waals surface area contributed by atoms with Crippen LogP contribution in [0.4, 0.5) is 13.2 Å². The van der Waals surface area contributed by atoms with Gasteiger partial charge in [0.1, 0.15) is 0 Å². The fourth-order valence-corrected chi connectivity index (χ4v) is 1.81. The quantitative estimate of drug-likeness (QED) is 0.700. The van der Waals surface area contributed by atoms with Crippen LogP contribution in [0.1, 0.15) is 49.8 Å². The molecule has 90 valence electrons. The fourth-order valence-electron chi connectivity index (χ4n) is 1.81. The molecule has 0 heterocycles. The molecule has 1 aromatic carbocycles. The second kappa shape index (κ2) is 4.89. The van der Waals surface area contributed by atoms with E-state index in [2.05, 4.69) is 0 Å². The van der Waals surface area contributed by atoms with E-state index in [0.717, 1.165) is 24.0 Å². The molecule has 16 heavy (non-hydrogen) atoms. The average Bonchev–Trinajstić information content (AvgIpc) is 2.16. The van der Waals surface area contributed by atoms with Crippen molar-refractivity contribution in [1.82, 2.24) is 0 Å². The molecule has 0 unspecified atom stereocenters. The zero-order chi connectivity index (χ0) is 12.3. The van der Waals surface area contributed by atoms with E-state index in [0.29, 0.717) is 0 Å². The molecule has 0 nitrogen and oxygen atoms in total. The van der Waals surface area contributed by atoms with Crippen molar-refractivity contribution in [2.45, 2.75) is 45.7 Å². The number of hydrogen-bond acceptors (Lipinski definition) is 0. The largest absolute Gasteiger partial charge is 0.416 e. The molecular weight excluding hydrogens is 213 g/mol. The second-order valence-electron chi connectivity index (χ2n) is 4.32. The normalized spacial score (nSPS) is 12.2. The topological polar surface area (TPSA) is 0 Å². The van der Waals surface area contributed by atoms with E-state index in [4.69, 9.17) is 0 Å². The highest BCUT2D eigenvalue weighted by Gasteiger charge is 2.31. The molecule has 0 saturated heterocycles. The Labute approximate surface area is 94.5 Å². The highest BCUT2D eigenvalue weighted by atomic mass is 19.4. The van der Waals surface area contributed by atoms with Crippen molar-refractivity contribution in [3.63, 3.8) is 0 Å². The Balaban J connectivity index is 3.17. The van der Waals surface area contributed by atoms with Gasteiger partial charge in [-0.2, -0.15) is 13.2 Å². The minimum atomic E-state index is -4.24. The van der Waals surface area contributed by atoms with Crippen molar-refractivity contribution >= 4 is 0 Å². The maximum absolute atomic E-state index is 12.5. The number of alkyl halides is 3. The van der Waals surface area contributed by atoms with Gasteiger partial charge in [-0.15, -0.1) is 0 Å². The molecule has 1 aromatic rings. The fraction of sp³-hybridized carbons (Fsp3) is 0.538. The lowest BCUT2D eigenvalue weighted by Gasteiger charge is -2.15. The first kappa shape index (κ1) is 13.1. The molecule has 0 aliphatic heterocycles. The number of aryl methyl sites for hydroxylation is 1. The average molecular weight is 230 g/mol.